The Hall–Kier alpha value is -0.0800. The summed E-state index contributed by atoms with van der Waals surface area (Å²) in [5.41, 5.74) is 0. The number of nitrogens with one attached hydrogen (secondary N) is 1. The summed E-state index contributed by atoms with van der Waals surface area (Å²) in [7, 11) is 2.23. The van der Waals surface area contributed by atoms with Crippen LogP contribution in [0.25, 0.3) is 0 Å². The molecule has 0 spiro atoms. The summed E-state index contributed by atoms with van der Waals surface area (Å²) >= 11 is 0. The van der Waals surface area contributed by atoms with E-state index >= 15 is 0 Å². The van der Waals surface area contributed by atoms with E-state index in [0.717, 1.165) is 12.0 Å². The Kier molecular flexibility index (Phi) is 4.20. The molecule has 1 saturated heterocycles. The van der Waals surface area contributed by atoms with Crippen LogP contribution in [0.4, 0.5) is 0 Å². The molecular weight excluding hydrogens is 160 g/mol. The van der Waals surface area contributed by atoms with Crippen molar-refractivity contribution >= 4 is 0 Å². The lowest BCUT2D eigenvalue weighted by Gasteiger charge is -2.35. The second-order valence-electron chi connectivity index (χ2n) is 4.23. The van der Waals surface area contributed by atoms with Gasteiger partial charge in [0.1, 0.15) is 0 Å². The van der Waals surface area contributed by atoms with Gasteiger partial charge in [-0.1, -0.05) is 13.8 Å². The van der Waals surface area contributed by atoms with Crippen molar-refractivity contribution in [2.75, 3.05) is 20.1 Å². The molecule has 2 unspecified atom stereocenters. The Morgan fingerprint density at radius 2 is 1.77 bits per heavy atom. The molecule has 0 aromatic rings. The largest absolute Gasteiger partial charge is 0.309 e. The summed E-state index contributed by atoms with van der Waals surface area (Å²) in [5, 5.41) is 3.67. The highest BCUT2D eigenvalue weighted by molar-refractivity contribution is 4.92. The van der Waals surface area contributed by atoms with Gasteiger partial charge in [0.25, 0.3) is 0 Å². The zero-order valence-electron chi connectivity index (χ0n) is 9.51. The maximum Gasteiger partial charge on any atom is 0.0226 e. The van der Waals surface area contributed by atoms with E-state index in [1.54, 1.807) is 0 Å². The molecule has 0 aromatic heterocycles. The van der Waals surface area contributed by atoms with Crippen LogP contribution in [0, 0.1) is 5.92 Å². The van der Waals surface area contributed by atoms with Crippen LogP contribution >= 0.6 is 0 Å². The molecule has 13 heavy (non-hydrogen) atoms. The van der Waals surface area contributed by atoms with Crippen LogP contribution < -0.4 is 5.32 Å². The number of piperazine rings is 1. The van der Waals surface area contributed by atoms with Crippen molar-refractivity contribution in [1.82, 2.24) is 10.2 Å². The number of rotatable bonds is 1. The van der Waals surface area contributed by atoms with Gasteiger partial charge in [-0.25, -0.2) is 0 Å². The molecular formula is C11H24N2. The number of likely N-dealkylation sites (N-methyl/N-ethyl adjacent to an activating group) is 1. The highest BCUT2D eigenvalue weighted by atomic mass is 15.2. The van der Waals surface area contributed by atoms with Gasteiger partial charge in [0, 0.05) is 25.2 Å². The Morgan fingerprint density at radius 3 is 2.23 bits per heavy atom. The average molecular weight is 184 g/mol. The quantitative estimate of drug-likeness (QED) is 0.667. The summed E-state index contributed by atoms with van der Waals surface area (Å²) in [5.74, 6) is 1.00. The van der Waals surface area contributed by atoms with Crippen molar-refractivity contribution in [3.05, 3.63) is 0 Å². The SMILES string of the molecule is CC.CC1CN(C)CC(C2CC2)N1. The zero-order chi connectivity index (χ0) is 9.84. The second kappa shape index (κ2) is 4.97. The molecule has 2 rings (SSSR count). The van der Waals surface area contributed by atoms with Crippen molar-refractivity contribution < 1.29 is 0 Å². The molecule has 0 radical (unpaired) electrons. The lowest BCUT2D eigenvalue weighted by molar-refractivity contribution is 0.187. The molecule has 1 aliphatic heterocycles. The number of nitrogens with zero attached hydrogens (tertiary/aromatic N) is 1. The fourth-order valence-electron chi connectivity index (χ4n) is 2.13. The Morgan fingerprint density at radius 1 is 1.15 bits per heavy atom. The summed E-state index contributed by atoms with van der Waals surface area (Å²) < 4.78 is 0. The summed E-state index contributed by atoms with van der Waals surface area (Å²) in [6.45, 7) is 8.75. The van der Waals surface area contributed by atoms with Crippen LogP contribution in [0.15, 0.2) is 0 Å². The number of hydrogen-bond donors (Lipinski definition) is 1. The third-order valence-electron chi connectivity index (χ3n) is 2.78. The summed E-state index contributed by atoms with van der Waals surface area (Å²) in [4.78, 5) is 2.45. The Labute approximate surface area is 82.7 Å². The molecule has 2 fully saturated rings. The molecule has 1 aliphatic carbocycles. The monoisotopic (exact) mass is 184 g/mol. The van der Waals surface area contributed by atoms with Gasteiger partial charge in [-0.15, -0.1) is 0 Å². The van der Waals surface area contributed by atoms with E-state index in [-0.39, 0.29) is 0 Å². The molecule has 1 N–H and O–H groups in total. The minimum absolute atomic E-state index is 0.694. The van der Waals surface area contributed by atoms with Gasteiger partial charge in [0.2, 0.25) is 0 Å². The van der Waals surface area contributed by atoms with E-state index < -0.39 is 0 Å². The van der Waals surface area contributed by atoms with Crippen molar-refractivity contribution in [2.24, 2.45) is 5.92 Å². The fraction of sp³-hybridized carbons (Fsp3) is 1.00. The zero-order valence-corrected chi connectivity index (χ0v) is 9.51. The second-order valence-corrected chi connectivity index (χ2v) is 4.23. The maximum absolute atomic E-state index is 3.67. The normalized spacial score (nSPS) is 35.1. The highest BCUT2D eigenvalue weighted by Gasteiger charge is 2.34. The van der Waals surface area contributed by atoms with Crippen molar-refractivity contribution in [1.29, 1.82) is 0 Å². The van der Waals surface area contributed by atoms with Gasteiger partial charge in [-0.05, 0) is 32.7 Å². The molecule has 2 nitrogen and oxygen atoms in total. The highest BCUT2D eigenvalue weighted by Crippen LogP contribution is 2.33. The first-order valence-corrected chi connectivity index (χ1v) is 5.70. The molecule has 2 atom stereocenters. The third kappa shape index (κ3) is 3.28. The molecule has 0 amide bonds. The molecule has 0 bridgehead atoms. The maximum atomic E-state index is 3.67. The molecule has 1 saturated carbocycles. The smallest absolute Gasteiger partial charge is 0.0226 e. The van der Waals surface area contributed by atoms with Crippen LogP contribution in [-0.4, -0.2) is 37.1 Å². The van der Waals surface area contributed by atoms with E-state index in [4.69, 9.17) is 0 Å². The number of hydrogen-bond acceptors (Lipinski definition) is 2. The van der Waals surface area contributed by atoms with Crippen LogP contribution in [0.5, 0.6) is 0 Å². The summed E-state index contributed by atoms with van der Waals surface area (Å²) in [6.07, 6.45) is 2.91. The van der Waals surface area contributed by atoms with Crippen LogP contribution in [0.3, 0.4) is 0 Å². The topological polar surface area (TPSA) is 15.3 Å². The first kappa shape index (κ1) is 11.0. The third-order valence-corrected chi connectivity index (χ3v) is 2.78. The Bertz CT molecular complexity index is 133. The van der Waals surface area contributed by atoms with Gasteiger partial charge in [-0.3, -0.25) is 0 Å². The van der Waals surface area contributed by atoms with Gasteiger partial charge < -0.3 is 10.2 Å². The van der Waals surface area contributed by atoms with E-state index in [2.05, 4.69) is 24.2 Å². The van der Waals surface area contributed by atoms with E-state index in [0.29, 0.717) is 6.04 Å². The minimum atomic E-state index is 0.694. The lowest BCUT2D eigenvalue weighted by Crippen LogP contribution is -2.54. The van der Waals surface area contributed by atoms with Gasteiger partial charge in [-0.2, -0.15) is 0 Å². The minimum Gasteiger partial charge on any atom is -0.309 e. The van der Waals surface area contributed by atoms with E-state index in [9.17, 15) is 0 Å². The van der Waals surface area contributed by atoms with Gasteiger partial charge in [0.15, 0.2) is 0 Å². The fourth-order valence-corrected chi connectivity index (χ4v) is 2.13. The van der Waals surface area contributed by atoms with Crippen molar-refractivity contribution in [3.63, 3.8) is 0 Å². The first-order valence-electron chi connectivity index (χ1n) is 5.70. The van der Waals surface area contributed by atoms with Crippen molar-refractivity contribution in [2.45, 2.75) is 45.7 Å². The van der Waals surface area contributed by atoms with Crippen LogP contribution in [0.2, 0.25) is 0 Å². The molecule has 0 aromatic carbocycles. The molecule has 2 heteroatoms. The standard InChI is InChI=1S/C9H18N2.C2H6/c1-7-5-11(2)6-9(10-7)8-3-4-8;1-2/h7-10H,3-6H2,1-2H3;1-2H3. The van der Waals surface area contributed by atoms with Crippen molar-refractivity contribution in [3.8, 4) is 0 Å². The first-order chi connectivity index (χ1) is 6.25. The predicted molar refractivity (Wildman–Crippen MR) is 58.0 cm³/mol. The molecule has 2 aliphatic rings. The van der Waals surface area contributed by atoms with Gasteiger partial charge in [0.05, 0.1) is 0 Å². The Balaban J connectivity index is 0.000000396. The van der Waals surface area contributed by atoms with Gasteiger partial charge >= 0.3 is 0 Å². The van der Waals surface area contributed by atoms with E-state index in [1.807, 2.05) is 13.8 Å². The average Bonchev–Trinajstić information content (AvgIpc) is 2.88. The molecule has 1 heterocycles. The van der Waals surface area contributed by atoms with E-state index in [1.165, 1.54) is 25.9 Å². The molecule has 78 valence electrons. The lowest BCUT2D eigenvalue weighted by atomic mass is 10.1. The predicted octanol–water partition coefficient (Wildman–Crippen LogP) is 1.71. The summed E-state index contributed by atoms with van der Waals surface area (Å²) in [6, 6.07) is 1.49. The van der Waals surface area contributed by atoms with Crippen LogP contribution in [0.1, 0.15) is 33.6 Å². The van der Waals surface area contributed by atoms with Crippen LogP contribution in [-0.2, 0) is 0 Å².